The van der Waals surface area contributed by atoms with E-state index in [1.165, 1.54) is 24.3 Å². The standard InChI is InChI=1S/C18H18N2O6/c21-17(22)11-15(10-13-6-8-16(9-7-13)20(24)25)19-18(23)26-12-14-4-2-1-3-5-14/h1-9,15H,10-12H2,(H,19,23)(H,21,22)/t15-/m0/s1. The predicted octanol–water partition coefficient (Wildman–Crippen LogP) is 2.91. The number of rotatable bonds is 8. The monoisotopic (exact) mass is 358 g/mol. The van der Waals surface area contributed by atoms with Crippen LogP contribution in [0.25, 0.3) is 0 Å². The van der Waals surface area contributed by atoms with Crippen LogP contribution in [0.1, 0.15) is 17.5 Å². The molecule has 0 spiro atoms. The minimum absolute atomic E-state index is 0.0567. The van der Waals surface area contributed by atoms with E-state index >= 15 is 0 Å². The van der Waals surface area contributed by atoms with Crippen LogP contribution in [0.4, 0.5) is 10.5 Å². The van der Waals surface area contributed by atoms with Crippen molar-refractivity contribution in [3.05, 3.63) is 75.8 Å². The maximum absolute atomic E-state index is 11.9. The Morgan fingerprint density at radius 1 is 1.08 bits per heavy atom. The predicted molar refractivity (Wildman–Crippen MR) is 92.6 cm³/mol. The second-order valence-corrected chi connectivity index (χ2v) is 5.63. The van der Waals surface area contributed by atoms with Crippen LogP contribution in [-0.2, 0) is 22.6 Å². The van der Waals surface area contributed by atoms with Gasteiger partial charge in [0, 0.05) is 18.2 Å². The third-order valence-electron chi connectivity index (χ3n) is 3.59. The first-order valence-corrected chi connectivity index (χ1v) is 7.86. The molecule has 1 amide bonds. The highest BCUT2D eigenvalue weighted by Crippen LogP contribution is 2.14. The number of non-ortho nitro benzene ring substituents is 1. The first-order valence-electron chi connectivity index (χ1n) is 7.86. The van der Waals surface area contributed by atoms with E-state index in [1.54, 1.807) is 12.1 Å². The second-order valence-electron chi connectivity index (χ2n) is 5.63. The summed E-state index contributed by atoms with van der Waals surface area (Å²) in [4.78, 5) is 33.1. The van der Waals surface area contributed by atoms with Crippen molar-refractivity contribution in [3.8, 4) is 0 Å². The minimum atomic E-state index is -1.07. The lowest BCUT2D eigenvalue weighted by molar-refractivity contribution is -0.384. The Hall–Kier alpha value is -3.42. The second kappa shape index (κ2) is 9.16. The summed E-state index contributed by atoms with van der Waals surface area (Å²) < 4.78 is 5.10. The minimum Gasteiger partial charge on any atom is -0.481 e. The average Bonchev–Trinajstić information content (AvgIpc) is 2.60. The molecular formula is C18H18N2O6. The van der Waals surface area contributed by atoms with Gasteiger partial charge in [-0.3, -0.25) is 14.9 Å². The van der Waals surface area contributed by atoms with Crippen LogP contribution in [0.2, 0.25) is 0 Å². The van der Waals surface area contributed by atoms with Gasteiger partial charge in [-0.05, 0) is 17.5 Å². The molecule has 2 aromatic carbocycles. The maximum atomic E-state index is 11.9. The summed E-state index contributed by atoms with van der Waals surface area (Å²) in [7, 11) is 0. The summed E-state index contributed by atoms with van der Waals surface area (Å²) in [5.41, 5.74) is 1.43. The average molecular weight is 358 g/mol. The number of hydrogen-bond donors (Lipinski definition) is 2. The first-order chi connectivity index (χ1) is 12.4. The summed E-state index contributed by atoms with van der Waals surface area (Å²) in [6.45, 7) is 0.0734. The van der Waals surface area contributed by atoms with E-state index in [-0.39, 0.29) is 25.1 Å². The van der Waals surface area contributed by atoms with Gasteiger partial charge in [-0.2, -0.15) is 0 Å². The van der Waals surface area contributed by atoms with E-state index in [2.05, 4.69) is 5.32 Å². The van der Waals surface area contributed by atoms with Gasteiger partial charge in [0.25, 0.3) is 5.69 Å². The molecule has 2 aromatic rings. The lowest BCUT2D eigenvalue weighted by Gasteiger charge is -2.17. The molecule has 0 aromatic heterocycles. The Morgan fingerprint density at radius 3 is 2.31 bits per heavy atom. The Bertz CT molecular complexity index is 761. The molecule has 0 aliphatic carbocycles. The molecule has 8 nitrogen and oxygen atoms in total. The molecule has 0 radical (unpaired) electrons. The van der Waals surface area contributed by atoms with E-state index in [4.69, 9.17) is 9.84 Å². The van der Waals surface area contributed by atoms with Crippen molar-refractivity contribution in [2.45, 2.75) is 25.5 Å². The molecule has 2 rings (SSSR count). The topological polar surface area (TPSA) is 119 Å². The Labute approximate surface area is 149 Å². The Kier molecular flexibility index (Phi) is 6.67. The molecule has 0 aliphatic heterocycles. The summed E-state index contributed by atoms with van der Waals surface area (Å²) in [6, 6.07) is 14.1. The SMILES string of the molecule is O=C(O)C[C@H](Cc1ccc([N+](=O)[O-])cc1)NC(=O)OCc1ccccc1. The van der Waals surface area contributed by atoms with Gasteiger partial charge in [-0.15, -0.1) is 0 Å². The molecule has 0 fully saturated rings. The van der Waals surface area contributed by atoms with Crippen molar-refractivity contribution in [1.29, 1.82) is 0 Å². The molecule has 0 saturated carbocycles. The van der Waals surface area contributed by atoms with E-state index in [0.717, 1.165) is 5.56 Å². The normalized spacial score (nSPS) is 11.4. The highest BCUT2D eigenvalue weighted by Gasteiger charge is 2.18. The van der Waals surface area contributed by atoms with Crippen molar-refractivity contribution in [2.75, 3.05) is 0 Å². The number of nitro groups is 1. The Morgan fingerprint density at radius 2 is 1.73 bits per heavy atom. The fourth-order valence-corrected chi connectivity index (χ4v) is 2.35. The van der Waals surface area contributed by atoms with Crippen LogP contribution in [0.5, 0.6) is 0 Å². The molecule has 0 aliphatic rings. The molecule has 26 heavy (non-hydrogen) atoms. The number of carboxylic acids is 1. The van der Waals surface area contributed by atoms with Gasteiger partial charge < -0.3 is 15.2 Å². The summed E-state index contributed by atoms with van der Waals surface area (Å²) in [5.74, 6) is -1.07. The summed E-state index contributed by atoms with van der Waals surface area (Å²) in [5, 5.41) is 22.2. The molecule has 1 atom stereocenters. The fourth-order valence-electron chi connectivity index (χ4n) is 2.35. The summed E-state index contributed by atoms with van der Waals surface area (Å²) in [6.07, 6.45) is -0.802. The largest absolute Gasteiger partial charge is 0.481 e. The van der Waals surface area contributed by atoms with E-state index in [0.29, 0.717) is 5.56 Å². The van der Waals surface area contributed by atoms with Crippen LogP contribution < -0.4 is 5.32 Å². The number of nitro benzene ring substituents is 1. The van der Waals surface area contributed by atoms with Crippen LogP contribution in [-0.4, -0.2) is 28.1 Å². The molecule has 2 N–H and O–H groups in total. The maximum Gasteiger partial charge on any atom is 0.407 e. The van der Waals surface area contributed by atoms with Crippen molar-refractivity contribution in [1.82, 2.24) is 5.32 Å². The number of alkyl carbamates (subject to hydrolysis) is 1. The smallest absolute Gasteiger partial charge is 0.407 e. The quantitative estimate of drug-likeness (QED) is 0.553. The van der Waals surface area contributed by atoms with Gasteiger partial charge >= 0.3 is 12.1 Å². The van der Waals surface area contributed by atoms with Crippen molar-refractivity contribution in [3.63, 3.8) is 0 Å². The molecule has 8 heteroatoms. The van der Waals surface area contributed by atoms with E-state index in [9.17, 15) is 19.7 Å². The lowest BCUT2D eigenvalue weighted by Crippen LogP contribution is -2.38. The molecule has 136 valence electrons. The molecule has 0 unspecified atom stereocenters. The fraction of sp³-hybridized carbons (Fsp3) is 0.222. The lowest BCUT2D eigenvalue weighted by atomic mass is 10.0. The third kappa shape index (κ3) is 6.23. The first kappa shape index (κ1) is 18.9. The van der Waals surface area contributed by atoms with Gasteiger partial charge in [0.1, 0.15) is 6.61 Å². The number of nitrogens with zero attached hydrogens (tertiary/aromatic N) is 1. The van der Waals surface area contributed by atoms with Crippen LogP contribution in [0.15, 0.2) is 54.6 Å². The Balaban J connectivity index is 1.94. The number of aliphatic carboxylic acids is 1. The number of nitrogens with one attached hydrogen (secondary N) is 1. The van der Waals surface area contributed by atoms with Gasteiger partial charge in [0.05, 0.1) is 11.3 Å². The van der Waals surface area contributed by atoms with Gasteiger partial charge in [-0.1, -0.05) is 42.5 Å². The number of ether oxygens (including phenoxy) is 1. The number of amides is 1. The van der Waals surface area contributed by atoms with E-state index in [1.807, 2.05) is 18.2 Å². The number of carboxylic acid groups (broad SMARTS) is 1. The highest BCUT2D eigenvalue weighted by atomic mass is 16.6. The number of benzene rings is 2. The van der Waals surface area contributed by atoms with Crippen LogP contribution in [0.3, 0.4) is 0 Å². The van der Waals surface area contributed by atoms with Crippen molar-refractivity contribution >= 4 is 17.7 Å². The highest BCUT2D eigenvalue weighted by molar-refractivity contribution is 5.71. The zero-order valence-electron chi connectivity index (χ0n) is 13.8. The van der Waals surface area contributed by atoms with Crippen molar-refractivity contribution in [2.24, 2.45) is 0 Å². The van der Waals surface area contributed by atoms with E-state index < -0.39 is 23.0 Å². The van der Waals surface area contributed by atoms with Crippen LogP contribution in [0, 0.1) is 10.1 Å². The third-order valence-corrected chi connectivity index (χ3v) is 3.59. The zero-order valence-corrected chi connectivity index (χ0v) is 13.8. The van der Waals surface area contributed by atoms with Gasteiger partial charge in [-0.25, -0.2) is 4.79 Å². The molecule has 0 saturated heterocycles. The number of hydrogen-bond acceptors (Lipinski definition) is 5. The van der Waals surface area contributed by atoms with Gasteiger partial charge in [0.15, 0.2) is 0 Å². The van der Waals surface area contributed by atoms with Crippen molar-refractivity contribution < 1.29 is 24.4 Å². The van der Waals surface area contributed by atoms with Crippen LogP contribution >= 0.6 is 0 Å². The number of carbonyl (C=O) groups is 2. The summed E-state index contributed by atoms with van der Waals surface area (Å²) >= 11 is 0. The molecule has 0 bridgehead atoms. The molecular weight excluding hydrogens is 340 g/mol. The molecule has 0 heterocycles. The zero-order chi connectivity index (χ0) is 18.9. The number of carbonyl (C=O) groups excluding carboxylic acids is 1. The van der Waals surface area contributed by atoms with Gasteiger partial charge in [0.2, 0.25) is 0 Å².